The van der Waals surface area contributed by atoms with Crippen molar-refractivity contribution in [2.45, 2.75) is 6.61 Å². The number of nitrogens with zero attached hydrogens (tertiary/aromatic N) is 2. The number of hydrogen-bond donors (Lipinski definition) is 1. The number of rotatable bonds is 7. The lowest BCUT2D eigenvalue weighted by atomic mass is 10.1. The number of amides is 1. The fraction of sp³-hybridized carbons (Fsp3) is 0.0833. The Bertz CT molecular complexity index is 1230. The van der Waals surface area contributed by atoms with E-state index in [1.54, 1.807) is 36.2 Å². The van der Waals surface area contributed by atoms with Crippen LogP contribution in [0.25, 0.3) is 16.9 Å². The summed E-state index contributed by atoms with van der Waals surface area (Å²) in [6.45, 7) is 0.0897. The van der Waals surface area contributed by atoms with Crippen LogP contribution in [0.15, 0.2) is 79.0 Å². The Morgan fingerprint density at radius 3 is 2.47 bits per heavy atom. The normalized spacial score (nSPS) is 10.7. The summed E-state index contributed by atoms with van der Waals surface area (Å²) < 4.78 is 6.88. The molecule has 0 saturated carbocycles. The van der Waals surface area contributed by atoms with Crippen molar-refractivity contribution in [1.29, 1.82) is 0 Å². The molecule has 0 aliphatic rings. The third kappa shape index (κ3) is 4.94. The Labute approximate surface area is 195 Å². The molecule has 162 valence electrons. The minimum atomic E-state index is -0.428. The standard InChI is InChI=1S/C24H19Cl2N3O3/c1-31-20-11-8-16(9-12-20)23-21(14-29(27-23)19-5-3-2-4-6-19)24(30)28-32-15-17-7-10-18(25)13-22(17)26/h2-14H,15H2,1H3,(H,28,30). The number of carbonyl (C=O) groups excluding carboxylic acids is 1. The largest absolute Gasteiger partial charge is 0.497 e. The van der Waals surface area contributed by atoms with E-state index in [0.717, 1.165) is 11.3 Å². The zero-order chi connectivity index (χ0) is 22.5. The molecule has 0 aliphatic carbocycles. The topological polar surface area (TPSA) is 65.4 Å². The molecule has 32 heavy (non-hydrogen) atoms. The zero-order valence-electron chi connectivity index (χ0n) is 17.1. The van der Waals surface area contributed by atoms with Crippen LogP contribution in [0.2, 0.25) is 10.0 Å². The molecule has 0 bridgehead atoms. The van der Waals surface area contributed by atoms with E-state index in [0.29, 0.717) is 32.6 Å². The van der Waals surface area contributed by atoms with Gasteiger partial charge >= 0.3 is 0 Å². The van der Waals surface area contributed by atoms with Gasteiger partial charge in [0.2, 0.25) is 0 Å². The number of ether oxygens (including phenoxy) is 1. The first-order chi connectivity index (χ1) is 15.5. The molecule has 1 aromatic heterocycles. The second-order valence-corrected chi connectivity index (χ2v) is 7.70. The monoisotopic (exact) mass is 467 g/mol. The summed E-state index contributed by atoms with van der Waals surface area (Å²) in [5, 5.41) is 5.63. The first kappa shape index (κ1) is 21.9. The van der Waals surface area contributed by atoms with E-state index in [4.69, 9.17) is 32.8 Å². The summed E-state index contributed by atoms with van der Waals surface area (Å²) in [7, 11) is 1.60. The van der Waals surface area contributed by atoms with Crippen molar-refractivity contribution < 1.29 is 14.4 Å². The molecular formula is C24H19Cl2N3O3. The second kappa shape index (κ2) is 9.87. The van der Waals surface area contributed by atoms with E-state index in [1.807, 2.05) is 54.6 Å². The van der Waals surface area contributed by atoms with Crippen LogP contribution in [0.5, 0.6) is 5.75 Å². The van der Waals surface area contributed by atoms with E-state index in [1.165, 1.54) is 0 Å². The lowest BCUT2D eigenvalue weighted by Gasteiger charge is -2.08. The maximum absolute atomic E-state index is 13.0. The van der Waals surface area contributed by atoms with Crippen molar-refractivity contribution in [2.24, 2.45) is 0 Å². The molecular weight excluding hydrogens is 449 g/mol. The lowest BCUT2D eigenvalue weighted by molar-refractivity contribution is 0.0234. The van der Waals surface area contributed by atoms with E-state index < -0.39 is 5.91 Å². The molecule has 0 spiro atoms. The number of methoxy groups -OCH3 is 1. The fourth-order valence-corrected chi connectivity index (χ4v) is 3.55. The summed E-state index contributed by atoms with van der Waals surface area (Å²) in [4.78, 5) is 18.4. The Balaban J connectivity index is 1.59. The van der Waals surface area contributed by atoms with E-state index in [-0.39, 0.29) is 6.61 Å². The summed E-state index contributed by atoms with van der Waals surface area (Å²) in [5.41, 5.74) is 5.66. The quantitative estimate of drug-likeness (QED) is 0.353. The van der Waals surface area contributed by atoms with Gasteiger partial charge in [-0.05, 0) is 54.1 Å². The van der Waals surface area contributed by atoms with Gasteiger partial charge in [-0.25, -0.2) is 10.2 Å². The molecule has 1 amide bonds. The molecule has 0 unspecified atom stereocenters. The van der Waals surface area contributed by atoms with Gasteiger partial charge in [0, 0.05) is 21.8 Å². The third-order valence-corrected chi connectivity index (χ3v) is 5.34. The highest BCUT2D eigenvalue weighted by molar-refractivity contribution is 6.35. The van der Waals surface area contributed by atoms with Crippen LogP contribution >= 0.6 is 23.2 Å². The van der Waals surface area contributed by atoms with Crippen molar-refractivity contribution >= 4 is 29.1 Å². The second-order valence-electron chi connectivity index (χ2n) is 6.86. The van der Waals surface area contributed by atoms with Crippen LogP contribution < -0.4 is 10.2 Å². The van der Waals surface area contributed by atoms with Gasteiger partial charge in [0.15, 0.2) is 0 Å². The van der Waals surface area contributed by atoms with E-state index >= 15 is 0 Å². The van der Waals surface area contributed by atoms with Crippen LogP contribution in [-0.2, 0) is 11.4 Å². The predicted molar refractivity (Wildman–Crippen MR) is 124 cm³/mol. The molecule has 4 aromatic rings. The Morgan fingerprint density at radius 2 is 1.78 bits per heavy atom. The smallest absolute Gasteiger partial charge is 0.278 e. The molecule has 0 aliphatic heterocycles. The number of nitrogens with one attached hydrogen (secondary N) is 1. The van der Waals surface area contributed by atoms with Crippen molar-refractivity contribution in [3.05, 3.63) is 100 Å². The summed E-state index contributed by atoms with van der Waals surface area (Å²) >= 11 is 12.1. The predicted octanol–water partition coefficient (Wildman–Crippen LogP) is 5.72. The van der Waals surface area contributed by atoms with Crippen LogP contribution in [0.3, 0.4) is 0 Å². The molecule has 0 atom stereocenters. The summed E-state index contributed by atoms with van der Waals surface area (Å²) in [5.74, 6) is 0.286. The Kier molecular flexibility index (Phi) is 6.75. The number of halogens is 2. The highest BCUT2D eigenvalue weighted by Crippen LogP contribution is 2.26. The van der Waals surface area contributed by atoms with Gasteiger partial charge in [0.1, 0.15) is 18.1 Å². The average molecular weight is 468 g/mol. The first-order valence-corrected chi connectivity index (χ1v) is 10.5. The first-order valence-electron chi connectivity index (χ1n) is 9.70. The summed E-state index contributed by atoms with van der Waals surface area (Å²) in [6, 6.07) is 21.9. The van der Waals surface area contributed by atoms with Gasteiger partial charge in [0.25, 0.3) is 5.91 Å². The highest BCUT2D eigenvalue weighted by Gasteiger charge is 2.19. The number of benzene rings is 3. The maximum Gasteiger partial charge on any atom is 0.278 e. The number of para-hydroxylation sites is 1. The van der Waals surface area contributed by atoms with Crippen molar-refractivity contribution in [2.75, 3.05) is 7.11 Å². The molecule has 1 heterocycles. The van der Waals surface area contributed by atoms with E-state index in [2.05, 4.69) is 10.6 Å². The van der Waals surface area contributed by atoms with Gasteiger partial charge in [-0.15, -0.1) is 0 Å². The van der Waals surface area contributed by atoms with Gasteiger partial charge in [-0.3, -0.25) is 9.63 Å². The number of hydrogen-bond acceptors (Lipinski definition) is 4. The maximum atomic E-state index is 13.0. The van der Waals surface area contributed by atoms with Crippen molar-refractivity contribution in [1.82, 2.24) is 15.3 Å². The number of carbonyl (C=O) groups is 1. The molecule has 4 rings (SSSR count). The van der Waals surface area contributed by atoms with Crippen LogP contribution in [0.1, 0.15) is 15.9 Å². The zero-order valence-corrected chi connectivity index (χ0v) is 18.6. The van der Waals surface area contributed by atoms with Crippen LogP contribution in [-0.4, -0.2) is 22.8 Å². The third-order valence-electron chi connectivity index (χ3n) is 4.75. The number of hydroxylamine groups is 1. The average Bonchev–Trinajstić information content (AvgIpc) is 3.27. The van der Waals surface area contributed by atoms with Crippen molar-refractivity contribution in [3.63, 3.8) is 0 Å². The lowest BCUT2D eigenvalue weighted by Crippen LogP contribution is -2.23. The minimum absolute atomic E-state index is 0.0897. The summed E-state index contributed by atoms with van der Waals surface area (Å²) in [6.07, 6.45) is 1.67. The molecule has 1 N–H and O–H groups in total. The fourth-order valence-electron chi connectivity index (χ4n) is 3.09. The van der Waals surface area contributed by atoms with Crippen LogP contribution in [0, 0.1) is 0 Å². The molecule has 0 saturated heterocycles. The number of aromatic nitrogens is 2. The van der Waals surface area contributed by atoms with Gasteiger partial charge in [0.05, 0.1) is 18.4 Å². The Hall–Kier alpha value is -3.32. The molecule has 6 nitrogen and oxygen atoms in total. The molecule has 8 heteroatoms. The molecule has 0 fully saturated rings. The highest BCUT2D eigenvalue weighted by atomic mass is 35.5. The van der Waals surface area contributed by atoms with Gasteiger partial charge in [-0.2, -0.15) is 5.10 Å². The molecule has 3 aromatic carbocycles. The Morgan fingerprint density at radius 1 is 1.03 bits per heavy atom. The van der Waals surface area contributed by atoms with Crippen LogP contribution in [0.4, 0.5) is 0 Å². The van der Waals surface area contributed by atoms with E-state index in [9.17, 15) is 4.79 Å². The van der Waals surface area contributed by atoms with Gasteiger partial charge in [-0.1, -0.05) is 47.5 Å². The minimum Gasteiger partial charge on any atom is -0.497 e. The SMILES string of the molecule is COc1ccc(-c2nn(-c3ccccc3)cc2C(=O)NOCc2ccc(Cl)cc2Cl)cc1. The van der Waals surface area contributed by atoms with Gasteiger partial charge < -0.3 is 4.74 Å². The molecule has 0 radical (unpaired) electrons. The van der Waals surface area contributed by atoms with Crippen molar-refractivity contribution in [3.8, 4) is 22.7 Å².